The van der Waals surface area contributed by atoms with Crippen molar-refractivity contribution in [2.24, 2.45) is 11.8 Å². The van der Waals surface area contributed by atoms with Crippen molar-refractivity contribution >= 4 is 0 Å². The SMILES string of the molecule is OC[C@@H]1O[C@H](O[C@H]2[C@H](O)[C@@H](O[C@@H]3OC=C[C@@H]4[C@H](O)[C@H]5O[C@@]5(CO)[C@H]34)O[C@@H](CO)[C@@H]2O)[C@@H](O)[C@H](O)[C@H]1O. The van der Waals surface area contributed by atoms with Crippen LogP contribution in [0.25, 0.3) is 0 Å². The number of aliphatic hydroxyl groups excluding tert-OH is 9. The zero-order chi connectivity index (χ0) is 25.9. The molecular formula is C21H32O15. The number of hydrogen-bond donors (Lipinski definition) is 9. The molecule has 5 rings (SSSR count). The Morgan fingerprint density at radius 1 is 0.694 bits per heavy atom. The maximum Gasteiger partial charge on any atom is 0.208 e. The molecule has 0 unspecified atom stereocenters. The highest BCUT2D eigenvalue weighted by atomic mass is 16.8. The highest BCUT2D eigenvalue weighted by Crippen LogP contribution is 2.59. The molecule has 0 aromatic rings. The van der Waals surface area contributed by atoms with E-state index in [0.29, 0.717) is 0 Å². The fourth-order valence-corrected chi connectivity index (χ4v) is 5.66. The second-order valence-corrected chi connectivity index (χ2v) is 9.72. The van der Waals surface area contributed by atoms with Crippen LogP contribution in [0.5, 0.6) is 0 Å². The van der Waals surface area contributed by atoms with Gasteiger partial charge >= 0.3 is 0 Å². The molecule has 0 aromatic heterocycles. The largest absolute Gasteiger partial charge is 0.472 e. The third-order valence-corrected chi connectivity index (χ3v) is 7.74. The quantitative estimate of drug-likeness (QED) is 0.141. The smallest absolute Gasteiger partial charge is 0.208 e. The van der Waals surface area contributed by atoms with Crippen LogP contribution in [0.3, 0.4) is 0 Å². The summed E-state index contributed by atoms with van der Waals surface area (Å²) in [5, 5.41) is 91.4. The van der Waals surface area contributed by atoms with Crippen LogP contribution in [-0.2, 0) is 28.4 Å². The summed E-state index contributed by atoms with van der Waals surface area (Å²) in [6.07, 6.45) is -15.9. The van der Waals surface area contributed by atoms with Crippen LogP contribution in [0.4, 0.5) is 0 Å². The minimum Gasteiger partial charge on any atom is -0.472 e. The zero-order valence-electron chi connectivity index (χ0n) is 18.9. The first kappa shape index (κ1) is 26.6. The Morgan fingerprint density at radius 3 is 1.97 bits per heavy atom. The van der Waals surface area contributed by atoms with Gasteiger partial charge in [-0.05, 0) is 6.08 Å². The normalized spacial score (nSPS) is 56.1. The van der Waals surface area contributed by atoms with Gasteiger partial charge < -0.3 is 74.4 Å². The molecule has 0 bridgehead atoms. The summed E-state index contributed by atoms with van der Waals surface area (Å²) >= 11 is 0. The van der Waals surface area contributed by atoms with Crippen molar-refractivity contribution in [2.75, 3.05) is 19.8 Å². The third kappa shape index (κ3) is 4.07. The maximum atomic E-state index is 11.0. The van der Waals surface area contributed by atoms with Crippen LogP contribution in [0.15, 0.2) is 12.3 Å². The first-order valence-electron chi connectivity index (χ1n) is 11.7. The first-order chi connectivity index (χ1) is 17.2. The Kier molecular flexibility index (Phi) is 7.34. The summed E-state index contributed by atoms with van der Waals surface area (Å²) in [7, 11) is 0. The summed E-state index contributed by atoms with van der Waals surface area (Å²) in [6, 6.07) is 0. The van der Waals surface area contributed by atoms with Crippen molar-refractivity contribution in [3.8, 4) is 0 Å². The van der Waals surface area contributed by atoms with Crippen molar-refractivity contribution in [3.63, 3.8) is 0 Å². The van der Waals surface area contributed by atoms with Gasteiger partial charge in [0.05, 0.1) is 38.1 Å². The van der Waals surface area contributed by atoms with Crippen molar-refractivity contribution in [1.29, 1.82) is 0 Å². The Labute approximate surface area is 204 Å². The number of epoxide rings is 1. The molecule has 5 aliphatic rings. The molecule has 3 saturated heterocycles. The van der Waals surface area contributed by atoms with Gasteiger partial charge in [-0.3, -0.25) is 0 Å². The lowest BCUT2D eigenvalue weighted by Crippen LogP contribution is -2.65. The molecule has 0 spiro atoms. The monoisotopic (exact) mass is 524 g/mol. The first-order valence-corrected chi connectivity index (χ1v) is 11.7. The number of hydrogen-bond acceptors (Lipinski definition) is 15. The van der Waals surface area contributed by atoms with E-state index in [4.69, 9.17) is 28.4 Å². The summed E-state index contributed by atoms with van der Waals surface area (Å²) in [5.41, 5.74) is -1.11. The highest BCUT2D eigenvalue weighted by molar-refractivity contribution is 5.24. The van der Waals surface area contributed by atoms with Crippen LogP contribution >= 0.6 is 0 Å². The molecular weight excluding hydrogens is 492 g/mol. The molecule has 15 heteroatoms. The van der Waals surface area contributed by atoms with Crippen LogP contribution in [-0.4, -0.2) is 151 Å². The van der Waals surface area contributed by atoms with E-state index in [1.807, 2.05) is 0 Å². The van der Waals surface area contributed by atoms with Crippen molar-refractivity contribution in [2.45, 2.75) is 85.5 Å². The molecule has 4 fully saturated rings. The van der Waals surface area contributed by atoms with E-state index in [0.717, 1.165) is 0 Å². The molecule has 15 nitrogen and oxygen atoms in total. The average Bonchev–Trinajstić information content (AvgIpc) is 3.57. The fraction of sp³-hybridized carbons (Fsp3) is 0.905. The average molecular weight is 524 g/mol. The molecule has 0 aromatic carbocycles. The van der Waals surface area contributed by atoms with Crippen molar-refractivity contribution in [1.82, 2.24) is 0 Å². The standard InChI is InChI=1S/C21H32O15/c22-3-7-11(26)13(28)14(29)19(32-7)34-16-12(27)8(4-23)33-20(15(16)30)35-18-9-6(1-2-31-18)10(25)17-21(9,5-24)36-17/h1-2,6-20,22-30H,3-5H2/t6-,7-,8-,9-,10-,11-,12-,13+,14-,15-,16+,17+,18-,19+,20+,21-/m0/s1. The molecule has 1 saturated carbocycles. The van der Waals surface area contributed by atoms with Gasteiger partial charge in [-0.2, -0.15) is 0 Å². The molecule has 0 amide bonds. The van der Waals surface area contributed by atoms with Crippen LogP contribution in [0.1, 0.15) is 0 Å². The summed E-state index contributed by atoms with van der Waals surface area (Å²) < 4.78 is 33.3. The van der Waals surface area contributed by atoms with E-state index in [-0.39, 0.29) is 0 Å². The van der Waals surface area contributed by atoms with Gasteiger partial charge in [0.1, 0.15) is 60.5 Å². The molecule has 1 aliphatic carbocycles. The Bertz CT molecular complexity index is 812. The second kappa shape index (κ2) is 9.94. The second-order valence-electron chi connectivity index (χ2n) is 9.72. The third-order valence-electron chi connectivity index (χ3n) is 7.74. The van der Waals surface area contributed by atoms with Gasteiger partial charge in [0.15, 0.2) is 12.6 Å². The van der Waals surface area contributed by atoms with E-state index in [9.17, 15) is 46.0 Å². The van der Waals surface area contributed by atoms with Crippen LogP contribution in [0.2, 0.25) is 0 Å². The van der Waals surface area contributed by atoms with Gasteiger partial charge in [-0.25, -0.2) is 0 Å². The predicted octanol–water partition coefficient (Wildman–Crippen LogP) is -5.77. The number of aliphatic hydroxyl groups is 9. The zero-order valence-corrected chi connectivity index (χ0v) is 18.9. The maximum absolute atomic E-state index is 11.0. The van der Waals surface area contributed by atoms with E-state index in [2.05, 4.69) is 0 Å². The highest BCUT2D eigenvalue weighted by Gasteiger charge is 2.75. The molecule has 4 aliphatic heterocycles. The Morgan fingerprint density at radius 2 is 1.33 bits per heavy atom. The fourth-order valence-electron chi connectivity index (χ4n) is 5.66. The van der Waals surface area contributed by atoms with Crippen LogP contribution < -0.4 is 0 Å². The lowest BCUT2D eigenvalue weighted by atomic mass is 9.85. The lowest BCUT2D eigenvalue weighted by Gasteiger charge is -2.47. The topological polar surface area (TPSA) is 241 Å². The minimum absolute atomic E-state index is 0.415. The number of fused-ring (bicyclic) bond motifs is 3. The summed E-state index contributed by atoms with van der Waals surface area (Å²) in [5.74, 6) is -1.15. The molecule has 4 heterocycles. The number of rotatable bonds is 7. The van der Waals surface area contributed by atoms with E-state index in [1.165, 1.54) is 6.26 Å². The van der Waals surface area contributed by atoms with E-state index < -0.39 is 117 Å². The van der Waals surface area contributed by atoms with Gasteiger partial charge in [-0.15, -0.1) is 0 Å². The van der Waals surface area contributed by atoms with Gasteiger partial charge in [0.25, 0.3) is 0 Å². The van der Waals surface area contributed by atoms with Gasteiger partial charge in [-0.1, -0.05) is 0 Å². The van der Waals surface area contributed by atoms with Gasteiger partial charge in [0.2, 0.25) is 6.29 Å². The summed E-state index contributed by atoms with van der Waals surface area (Å²) in [4.78, 5) is 0. The molecule has 0 radical (unpaired) electrons. The van der Waals surface area contributed by atoms with E-state index in [1.54, 1.807) is 6.08 Å². The lowest BCUT2D eigenvalue weighted by molar-refractivity contribution is -0.376. The van der Waals surface area contributed by atoms with Crippen molar-refractivity contribution < 1.29 is 74.4 Å². The Hall–Kier alpha value is -1.02. The molecule has 36 heavy (non-hydrogen) atoms. The minimum atomic E-state index is -1.81. The van der Waals surface area contributed by atoms with Gasteiger partial charge in [0, 0.05) is 5.92 Å². The predicted molar refractivity (Wildman–Crippen MR) is 109 cm³/mol. The summed E-state index contributed by atoms with van der Waals surface area (Å²) in [6.45, 7) is -1.85. The van der Waals surface area contributed by atoms with E-state index >= 15 is 0 Å². The Balaban J connectivity index is 1.33. The molecule has 9 N–H and O–H groups in total. The van der Waals surface area contributed by atoms with Crippen LogP contribution in [0, 0.1) is 11.8 Å². The molecule has 16 atom stereocenters. The molecule has 206 valence electrons. The number of ether oxygens (including phenoxy) is 6. The van der Waals surface area contributed by atoms with Crippen molar-refractivity contribution in [3.05, 3.63) is 12.3 Å².